The lowest BCUT2D eigenvalue weighted by Crippen LogP contribution is -2.12. The minimum Gasteiger partial charge on any atom is -0.491 e. The van der Waals surface area contributed by atoms with E-state index in [1.165, 1.54) is 5.56 Å². The minimum atomic E-state index is 0.255. The molecule has 0 amide bonds. The number of aryl methyl sites for hydroxylation is 1. The van der Waals surface area contributed by atoms with Crippen LogP contribution in [0.4, 0.5) is 11.8 Å². The maximum Gasteiger partial charge on any atom is 0.222 e. The zero-order chi connectivity index (χ0) is 19.5. The molecule has 4 rings (SSSR count). The predicted molar refractivity (Wildman–Crippen MR) is 108 cm³/mol. The highest BCUT2D eigenvalue weighted by Gasteiger charge is 2.22. The first-order valence-electron chi connectivity index (χ1n) is 9.33. The molecule has 3 aromatic rings. The fraction of sp³-hybridized carbons (Fsp3) is 0.350. The molecule has 28 heavy (non-hydrogen) atoms. The van der Waals surface area contributed by atoms with Gasteiger partial charge in [-0.2, -0.15) is 0 Å². The Morgan fingerprint density at radius 3 is 2.75 bits per heavy atom. The van der Waals surface area contributed by atoms with Gasteiger partial charge in [0.05, 0.1) is 18.0 Å². The Morgan fingerprint density at radius 2 is 1.96 bits per heavy atom. The van der Waals surface area contributed by atoms with Crippen molar-refractivity contribution in [1.82, 2.24) is 24.9 Å². The summed E-state index contributed by atoms with van der Waals surface area (Å²) in [5.74, 6) is 2.54. The summed E-state index contributed by atoms with van der Waals surface area (Å²) in [7, 11) is 1.79. The van der Waals surface area contributed by atoms with Gasteiger partial charge < -0.3 is 15.4 Å². The van der Waals surface area contributed by atoms with Crippen molar-refractivity contribution in [2.75, 3.05) is 30.8 Å². The fourth-order valence-electron chi connectivity index (χ4n) is 3.27. The fourth-order valence-corrected chi connectivity index (χ4v) is 3.27. The largest absolute Gasteiger partial charge is 0.491 e. The summed E-state index contributed by atoms with van der Waals surface area (Å²) in [5.41, 5.74) is 4.90. The van der Waals surface area contributed by atoms with Crippen molar-refractivity contribution in [3.8, 4) is 17.0 Å². The van der Waals surface area contributed by atoms with E-state index in [1.54, 1.807) is 25.8 Å². The van der Waals surface area contributed by atoms with Gasteiger partial charge in [-0.05, 0) is 13.0 Å². The van der Waals surface area contributed by atoms with Crippen LogP contribution in [-0.2, 0) is 6.42 Å². The second kappa shape index (κ2) is 7.75. The predicted octanol–water partition coefficient (Wildman–Crippen LogP) is 2.83. The van der Waals surface area contributed by atoms with Crippen LogP contribution in [0.25, 0.3) is 11.3 Å². The van der Waals surface area contributed by atoms with Crippen LogP contribution in [0.2, 0.25) is 0 Å². The average Bonchev–Trinajstić information content (AvgIpc) is 3.20. The van der Waals surface area contributed by atoms with E-state index < -0.39 is 0 Å². The molecule has 1 aliphatic heterocycles. The van der Waals surface area contributed by atoms with Gasteiger partial charge in [-0.15, -0.1) is 0 Å². The Hall–Kier alpha value is -3.29. The van der Waals surface area contributed by atoms with Crippen molar-refractivity contribution in [3.63, 3.8) is 0 Å². The lowest BCUT2D eigenvalue weighted by atomic mass is 9.99. The monoisotopic (exact) mass is 377 g/mol. The highest BCUT2D eigenvalue weighted by atomic mass is 16.5. The van der Waals surface area contributed by atoms with Gasteiger partial charge in [0.2, 0.25) is 5.95 Å². The van der Waals surface area contributed by atoms with Gasteiger partial charge in [-0.25, -0.2) is 19.9 Å². The number of aromatic nitrogens is 5. The molecule has 144 valence electrons. The van der Waals surface area contributed by atoms with E-state index in [1.807, 2.05) is 13.0 Å². The Kier molecular flexibility index (Phi) is 5.01. The molecule has 2 N–H and O–H groups in total. The third-order valence-corrected chi connectivity index (χ3v) is 4.74. The van der Waals surface area contributed by atoms with E-state index in [0.29, 0.717) is 12.6 Å². The lowest BCUT2D eigenvalue weighted by molar-refractivity contribution is 0.352. The molecule has 1 atom stereocenters. The number of nitrogens with zero attached hydrogens (tertiary/aromatic N) is 5. The molecule has 0 saturated carbocycles. The topological polar surface area (TPSA) is 97.7 Å². The van der Waals surface area contributed by atoms with Crippen LogP contribution in [0.3, 0.4) is 0 Å². The molecule has 0 radical (unpaired) electrons. The summed E-state index contributed by atoms with van der Waals surface area (Å²) in [6.07, 6.45) is 5.92. The third-order valence-electron chi connectivity index (χ3n) is 4.74. The van der Waals surface area contributed by atoms with Gasteiger partial charge in [0.1, 0.15) is 17.9 Å². The number of anilines is 2. The van der Waals surface area contributed by atoms with Crippen molar-refractivity contribution >= 4 is 11.8 Å². The van der Waals surface area contributed by atoms with Crippen molar-refractivity contribution < 1.29 is 4.74 Å². The van der Waals surface area contributed by atoms with Gasteiger partial charge in [0, 0.05) is 61.2 Å². The molecule has 1 aliphatic rings. The molecule has 1 unspecified atom stereocenters. The van der Waals surface area contributed by atoms with Gasteiger partial charge in [-0.1, -0.05) is 6.92 Å². The van der Waals surface area contributed by atoms with E-state index in [9.17, 15) is 0 Å². The second-order valence-corrected chi connectivity index (χ2v) is 6.84. The van der Waals surface area contributed by atoms with E-state index in [-0.39, 0.29) is 5.92 Å². The summed E-state index contributed by atoms with van der Waals surface area (Å²) >= 11 is 0. The zero-order valence-corrected chi connectivity index (χ0v) is 16.2. The summed E-state index contributed by atoms with van der Waals surface area (Å²) < 4.78 is 5.82. The van der Waals surface area contributed by atoms with E-state index in [2.05, 4.69) is 48.5 Å². The van der Waals surface area contributed by atoms with Crippen molar-refractivity contribution in [3.05, 3.63) is 47.8 Å². The number of hydrogen-bond donors (Lipinski definition) is 2. The number of hydrogen-bond acceptors (Lipinski definition) is 8. The van der Waals surface area contributed by atoms with Crippen LogP contribution in [0.5, 0.6) is 5.75 Å². The van der Waals surface area contributed by atoms with Gasteiger partial charge in [0.15, 0.2) is 0 Å². The molecule has 4 heterocycles. The number of nitrogens with one attached hydrogen (secondary N) is 2. The minimum absolute atomic E-state index is 0.255. The van der Waals surface area contributed by atoms with E-state index in [4.69, 9.17) is 4.74 Å². The Morgan fingerprint density at radius 1 is 1.14 bits per heavy atom. The molecule has 3 aromatic heterocycles. The first-order valence-corrected chi connectivity index (χ1v) is 9.33. The molecule has 8 nitrogen and oxygen atoms in total. The lowest BCUT2D eigenvalue weighted by Gasteiger charge is -2.17. The number of rotatable bonds is 6. The van der Waals surface area contributed by atoms with Gasteiger partial charge in [0.25, 0.3) is 0 Å². The summed E-state index contributed by atoms with van der Waals surface area (Å²) in [6.45, 7) is 5.64. The SMILES string of the molecule is CNc1ncc(-c2cc(NCC(C)c3cc(C)nc4c3OCC4)ncn2)cn1. The zero-order valence-electron chi connectivity index (χ0n) is 16.2. The molecule has 0 aliphatic carbocycles. The van der Waals surface area contributed by atoms with Crippen molar-refractivity contribution in [1.29, 1.82) is 0 Å². The average molecular weight is 377 g/mol. The molecule has 0 saturated heterocycles. The molecular weight excluding hydrogens is 354 g/mol. The van der Waals surface area contributed by atoms with Crippen molar-refractivity contribution in [2.45, 2.75) is 26.2 Å². The highest BCUT2D eigenvalue weighted by molar-refractivity contribution is 5.60. The van der Waals surface area contributed by atoms with Crippen LogP contribution in [0, 0.1) is 6.92 Å². The van der Waals surface area contributed by atoms with E-state index >= 15 is 0 Å². The Balaban J connectivity index is 1.48. The number of pyridine rings is 1. The standard InChI is InChI=1S/C20H23N7O/c1-12(15-6-13(2)27-16-4-5-28-19(15)16)8-22-18-7-17(25-11-26-18)14-9-23-20(21-3)24-10-14/h6-7,9-12H,4-5,8H2,1-3H3,(H,21,23,24)(H,22,25,26). The molecule has 0 fully saturated rings. The van der Waals surface area contributed by atoms with E-state index in [0.717, 1.165) is 47.2 Å². The smallest absolute Gasteiger partial charge is 0.222 e. The van der Waals surface area contributed by atoms with Crippen LogP contribution < -0.4 is 15.4 Å². The Bertz CT molecular complexity index is 975. The first-order chi connectivity index (χ1) is 13.6. The highest BCUT2D eigenvalue weighted by Crippen LogP contribution is 2.34. The number of ether oxygens (including phenoxy) is 1. The number of fused-ring (bicyclic) bond motifs is 1. The van der Waals surface area contributed by atoms with Crippen LogP contribution in [0.15, 0.2) is 30.9 Å². The van der Waals surface area contributed by atoms with Gasteiger partial charge in [-0.3, -0.25) is 4.98 Å². The summed E-state index contributed by atoms with van der Waals surface area (Å²) in [4.78, 5) is 21.7. The molecule has 0 aromatic carbocycles. The van der Waals surface area contributed by atoms with Gasteiger partial charge >= 0.3 is 0 Å². The Labute approximate surface area is 163 Å². The normalized spacial score (nSPS) is 13.5. The molecular formula is C20H23N7O. The van der Waals surface area contributed by atoms with Crippen LogP contribution >= 0.6 is 0 Å². The molecule has 0 bridgehead atoms. The first kappa shape index (κ1) is 18.1. The quantitative estimate of drug-likeness (QED) is 0.677. The third kappa shape index (κ3) is 3.71. The molecule has 8 heteroatoms. The summed E-state index contributed by atoms with van der Waals surface area (Å²) in [6, 6.07) is 4.02. The van der Waals surface area contributed by atoms with Crippen LogP contribution in [-0.4, -0.2) is 45.1 Å². The maximum atomic E-state index is 5.82. The summed E-state index contributed by atoms with van der Waals surface area (Å²) in [5, 5.41) is 6.31. The van der Waals surface area contributed by atoms with Crippen LogP contribution in [0.1, 0.15) is 29.8 Å². The second-order valence-electron chi connectivity index (χ2n) is 6.84. The van der Waals surface area contributed by atoms with Crippen molar-refractivity contribution in [2.24, 2.45) is 0 Å². The molecule has 0 spiro atoms. The maximum absolute atomic E-state index is 5.82.